The van der Waals surface area contributed by atoms with E-state index in [2.05, 4.69) is 5.16 Å². The van der Waals surface area contributed by atoms with Crippen LogP contribution in [0.4, 0.5) is 5.69 Å². The normalized spacial score (nSPS) is 13.5. The monoisotopic (exact) mass is 309 g/mol. The molecule has 0 aliphatic rings. The van der Waals surface area contributed by atoms with Crippen molar-refractivity contribution in [3.05, 3.63) is 47.3 Å². The van der Waals surface area contributed by atoms with Gasteiger partial charge in [0, 0.05) is 24.8 Å². The second kappa shape index (κ2) is 5.87. The van der Waals surface area contributed by atoms with Crippen LogP contribution in [0.1, 0.15) is 30.0 Å². The third-order valence-electron chi connectivity index (χ3n) is 3.38. The van der Waals surface area contributed by atoms with Crippen molar-refractivity contribution in [1.82, 2.24) is 9.46 Å². The number of aromatic nitrogens is 1. The molecule has 6 nitrogen and oxygen atoms in total. The quantitative estimate of drug-likeness (QED) is 0.854. The minimum atomic E-state index is -3.49. The molecular weight excluding hydrogens is 290 g/mol. The summed E-state index contributed by atoms with van der Waals surface area (Å²) in [5.41, 5.74) is 7.60. The molecule has 7 heteroatoms. The molecule has 2 N–H and O–H groups in total. The summed E-state index contributed by atoms with van der Waals surface area (Å²) >= 11 is 0. The Morgan fingerprint density at radius 3 is 2.67 bits per heavy atom. The Morgan fingerprint density at radius 2 is 2.10 bits per heavy atom. The smallest absolute Gasteiger partial charge is 0.220 e. The van der Waals surface area contributed by atoms with E-state index in [0.717, 1.165) is 5.56 Å². The van der Waals surface area contributed by atoms with Gasteiger partial charge in [-0.15, -0.1) is 0 Å². The van der Waals surface area contributed by atoms with E-state index in [1.54, 1.807) is 32.2 Å². The van der Waals surface area contributed by atoms with Crippen molar-refractivity contribution < 1.29 is 12.9 Å². The lowest BCUT2D eigenvalue weighted by molar-refractivity contribution is 0.385. The molecule has 1 aromatic heterocycles. The molecule has 2 aromatic rings. The van der Waals surface area contributed by atoms with Crippen LogP contribution in [0.2, 0.25) is 0 Å². The average Bonchev–Trinajstić information content (AvgIpc) is 2.81. The standard InChI is InChI=1S/C14H19N3O3S/c1-10-7-14(16-20-10)9-21(18,19)17(3)11(2)12-5-4-6-13(15)8-12/h4-8,11H,9,15H2,1-3H3. The molecular formula is C14H19N3O3S. The Morgan fingerprint density at radius 1 is 1.38 bits per heavy atom. The van der Waals surface area contributed by atoms with E-state index in [1.807, 2.05) is 19.1 Å². The number of anilines is 1. The van der Waals surface area contributed by atoms with Crippen molar-refractivity contribution in [2.75, 3.05) is 12.8 Å². The average molecular weight is 309 g/mol. The Bertz CT molecular complexity index is 725. The maximum Gasteiger partial charge on any atom is 0.220 e. The zero-order valence-corrected chi connectivity index (χ0v) is 13.1. The van der Waals surface area contributed by atoms with E-state index in [0.29, 0.717) is 17.1 Å². The van der Waals surface area contributed by atoms with Crippen LogP contribution in [0, 0.1) is 6.92 Å². The van der Waals surface area contributed by atoms with Crippen LogP contribution in [0.5, 0.6) is 0 Å². The zero-order chi connectivity index (χ0) is 15.6. The van der Waals surface area contributed by atoms with Crippen LogP contribution in [0.25, 0.3) is 0 Å². The van der Waals surface area contributed by atoms with E-state index in [1.165, 1.54) is 4.31 Å². The summed E-state index contributed by atoms with van der Waals surface area (Å²) in [5.74, 6) is 0.403. The van der Waals surface area contributed by atoms with E-state index in [9.17, 15) is 8.42 Å². The van der Waals surface area contributed by atoms with Crippen LogP contribution < -0.4 is 5.73 Å². The number of nitrogens with zero attached hydrogens (tertiary/aromatic N) is 2. The predicted molar refractivity (Wildman–Crippen MR) is 80.9 cm³/mol. The molecule has 1 aromatic carbocycles. The van der Waals surface area contributed by atoms with Crippen LogP contribution in [-0.4, -0.2) is 24.9 Å². The van der Waals surface area contributed by atoms with Gasteiger partial charge in [-0.1, -0.05) is 17.3 Å². The summed E-state index contributed by atoms with van der Waals surface area (Å²) in [6.07, 6.45) is 0. The predicted octanol–water partition coefficient (Wildman–Crippen LogP) is 2.09. The Hall–Kier alpha value is -1.86. The van der Waals surface area contributed by atoms with Gasteiger partial charge in [0.2, 0.25) is 10.0 Å². The number of nitrogens with two attached hydrogens (primary N) is 1. The second-order valence-electron chi connectivity index (χ2n) is 5.05. The first-order valence-corrected chi connectivity index (χ1v) is 8.14. The van der Waals surface area contributed by atoms with Gasteiger partial charge in [-0.25, -0.2) is 8.42 Å². The van der Waals surface area contributed by atoms with Crippen molar-refractivity contribution in [2.24, 2.45) is 0 Å². The number of rotatable bonds is 5. The largest absolute Gasteiger partial charge is 0.399 e. The highest BCUT2D eigenvalue weighted by Crippen LogP contribution is 2.24. The molecule has 0 radical (unpaired) electrons. The zero-order valence-electron chi connectivity index (χ0n) is 12.3. The van der Waals surface area contributed by atoms with Crippen molar-refractivity contribution in [3.8, 4) is 0 Å². The van der Waals surface area contributed by atoms with Gasteiger partial charge < -0.3 is 10.3 Å². The van der Waals surface area contributed by atoms with E-state index < -0.39 is 10.0 Å². The fourth-order valence-corrected chi connectivity index (χ4v) is 3.36. The van der Waals surface area contributed by atoms with Crippen molar-refractivity contribution in [3.63, 3.8) is 0 Å². The number of nitrogen functional groups attached to an aromatic ring is 1. The Kier molecular flexibility index (Phi) is 4.34. The maximum absolute atomic E-state index is 12.4. The van der Waals surface area contributed by atoms with Crippen LogP contribution >= 0.6 is 0 Å². The van der Waals surface area contributed by atoms with Crippen LogP contribution in [0.3, 0.4) is 0 Å². The molecule has 1 heterocycles. The van der Waals surface area contributed by atoms with Gasteiger partial charge in [0.05, 0.1) is 0 Å². The third-order valence-corrected chi connectivity index (χ3v) is 5.24. The minimum Gasteiger partial charge on any atom is -0.399 e. The molecule has 114 valence electrons. The number of aryl methyl sites for hydroxylation is 1. The van der Waals surface area contributed by atoms with Gasteiger partial charge in [-0.3, -0.25) is 0 Å². The van der Waals surface area contributed by atoms with Gasteiger partial charge in [0.1, 0.15) is 17.2 Å². The minimum absolute atomic E-state index is 0.187. The summed E-state index contributed by atoms with van der Waals surface area (Å²) in [4.78, 5) is 0. The molecule has 21 heavy (non-hydrogen) atoms. The van der Waals surface area contributed by atoms with Crippen molar-refractivity contribution in [1.29, 1.82) is 0 Å². The molecule has 1 atom stereocenters. The number of benzene rings is 1. The first-order chi connectivity index (χ1) is 9.79. The molecule has 0 saturated carbocycles. The molecule has 0 bridgehead atoms. The van der Waals surface area contributed by atoms with Crippen molar-refractivity contribution in [2.45, 2.75) is 25.6 Å². The molecule has 0 aliphatic carbocycles. The lowest BCUT2D eigenvalue weighted by Crippen LogP contribution is -2.31. The van der Waals surface area contributed by atoms with Crippen LogP contribution in [-0.2, 0) is 15.8 Å². The van der Waals surface area contributed by atoms with Gasteiger partial charge in [-0.05, 0) is 31.5 Å². The third kappa shape index (κ3) is 3.62. The van der Waals surface area contributed by atoms with E-state index in [-0.39, 0.29) is 11.8 Å². The summed E-state index contributed by atoms with van der Waals surface area (Å²) < 4.78 is 31.1. The Balaban J connectivity index is 2.19. The summed E-state index contributed by atoms with van der Waals surface area (Å²) in [7, 11) is -1.94. The summed E-state index contributed by atoms with van der Waals surface area (Å²) in [6, 6.07) is 8.51. The topological polar surface area (TPSA) is 89.4 Å². The molecule has 0 fully saturated rings. The highest BCUT2D eigenvalue weighted by Gasteiger charge is 2.26. The van der Waals surface area contributed by atoms with Gasteiger partial charge in [0.25, 0.3) is 0 Å². The fraction of sp³-hybridized carbons (Fsp3) is 0.357. The first kappa shape index (κ1) is 15.5. The number of sulfonamides is 1. The first-order valence-electron chi connectivity index (χ1n) is 6.53. The highest BCUT2D eigenvalue weighted by atomic mass is 32.2. The molecule has 0 saturated heterocycles. The lowest BCUT2D eigenvalue weighted by atomic mass is 10.1. The molecule has 0 amide bonds. The Labute approximate surface area is 124 Å². The maximum atomic E-state index is 12.4. The number of hydrogen-bond acceptors (Lipinski definition) is 5. The van der Waals surface area contributed by atoms with E-state index in [4.69, 9.17) is 10.3 Å². The van der Waals surface area contributed by atoms with Gasteiger partial charge in [-0.2, -0.15) is 4.31 Å². The molecule has 1 unspecified atom stereocenters. The SMILES string of the molecule is Cc1cc(CS(=O)(=O)N(C)C(C)c2cccc(N)c2)no1. The summed E-state index contributed by atoms with van der Waals surface area (Å²) in [5, 5.41) is 3.73. The molecule has 0 spiro atoms. The van der Waals surface area contributed by atoms with Crippen molar-refractivity contribution >= 4 is 15.7 Å². The molecule has 2 rings (SSSR count). The highest BCUT2D eigenvalue weighted by molar-refractivity contribution is 7.88. The lowest BCUT2D eigenvalue weighted by Gasteiger charge is -2.24. The summed E-state index contributed by atoms with van der Waals surface area (Å²) in [6.45, 7) is 3.54. The fourth-order valence-electron chi connectivity index (χ4n) is 2.04. The van der Waals surface area contributed by atoms with Gasteiger partial charge in [0.15, 0.2) is 0 Å². The second-order valence-corrected chi connectivity index (χ2v) is 7.08. The van der Waals surface area contributed by atoms with Gasteiger partial charge >= 0.3 is 0 Å². The van der Waals surface area contributed by atoms with E-state index >= 15 is 0 Å². The van der Waals surface area contributed by atoms with Crippen LogP contribution in [0.15, 0.2) is 34.9 Å². The number of hydrogen-bond donors (Lipinski definition) is 1. The molecule has 0 aliphatic heterocycles.